The molecule has 1 aromatic carbocycles. The van der Waals surface area contributed by atoms with Gasteiger partial charge in [0.1, 0.15) is 11.9 Å². The van der Waals surface area contributed by atoms with Crippen LogP contribution in [0.25, 0.3) is 11.0 Å². The first-order valence-corrected chi connectivity index (χ1v) is 7.43. The monoisotopic (exact) mass is 319 g/mol. The lowest BCUT2D eigenvalue weighted by Gasteiger charge is -2.18. The normalized spacial score (nSPS) is 17.0. The van der Waals surface area contributed by atoms with Crippen LogP contribution < -0.4 is 0 Å². The number of aromatic amines is 1. The molecular weight excluding hydrogens is 298 g/mol. The van der Waals surface area contributed by atoms with Gasteiger partial charge in [0.05, 0.1) is 17.6 Å². The van der Waals surface area contributed by atoms with E-state index < -0.39 is 0 Å². The molecule has 1 fully saturated rings. The van der Waals surface area contributed by atoms with E-state index in [0.717, 1.165) is 36.4 Å². The number of imidazole rings is 1. The number of para-hydroxylation sites is 1. The molecule has 1 atom stereocenters. The maximum absolute atomic E-state index is 11.1. The van der Waals surface area contributed by atoms with E-state index in [-0.39, 0.29) is 18.5 Å². The molecule has 0 aliphatic carbocycles. The SMILES string of the molecule is Cc1cccc2[nH]c(CN(C)CC3CCC(=O)O3)nc12.O=CO. The van der Waals surface area contributed by atoms with Crippen LogP contribution in [-0.4, -0.2) is 52.1 Å². The molecule has 2 aromatic rings. The van der Waals surface area contributed by atoms with Crippen LogP contribution in [0.5, 0.6) is 0 Å². The standard InChI is InChI=1S/C15H19N3O2.CH2O2/c1-10-4-3-5-12-15(10)17-13(16-12)9-18(2)8-11-6-7-14(19)20-11;2-1-3/h3-5,11H,6-9H2,1-2H3,(H,16,17);1H,(H,2,3). The van der Waals surface area contributed by atoms with Crippen molar-refractivity contribution in [3.05, 3.63) is 29.6 Å². The lowest BCUT2D eigenvalue weighted by atomic mass is 10.2. The van der Waals surface area contributed by atoms with E-state index in [9.17, 15) is 4.79 Å². The first-order valence-electron chi connectivity index (χ1n) is 7.43. The minimum Gasteiger partial charge on any atom is -0.483 e. The highest BCUT2D eigenvalue weighted by Gasteiger charge is 2.24. The third-order valence-electron chi connectivity index (χ3n) is 3.67. The number of aromatic nitrogens is 2. The topological polar surface area (TPSA) is 95.5 Å². The lowest BCUT2D eigenvalue weighted by molar-refractivity contribution is -0.141. The van der Waals surface area contributed by atoms with Crippen molar-refractivity contribution in [1.29, 1.82) is 0 Å². The fourth-order valence-electron chi connectivity index (χ4n) is 2.68. The van der Waals surface area contributed by atoms with Crippen molar-refractivity contribution in [3.63, 3.8) is 0 Å². The molecule has 7 heteroatoms. The van der Waals surface area contributed by atoms with Gasteiger partial charge in [-0.05, 0) is 32.0 Å². The second-order valence-electron chi connectivity index (χ2n) is 5.61. The zero-order valence-electron chi connectivity index (χ0n) is 13.3. The molecule has 1 aromatic heterocycles. The molecule has 0 radical (unpaired) electrons. The Morgan fingerprint density at radius 1 is 1.52 bits per heavy atom. The molecule has 3 rings (SSSR count). The number of rotatable bonds is 4. The summed E-state index contributed by atoms with van der Waals surface area (Å²) in [4.78, 5) is 29.6. The number of benzene rings is 1. The average Bonchev–Trinajstić information content (AvgIpc) is 3.06. The third kappa shape index (κ3) is 4.53. The van der Waals surface area contributed by atoms with Gasteiger partial charge in [0.2, 0.25) is 0 Å². The molecule has 0 saturated carbocycles. The number of carbonyl (C=O) groups excluding carboxylic acids is 1. The molecule has 1 saturated heterocycles. The van der Waals surface area contributed by atoms with Crippen LogP contribution in [0.3, 0.4) is 0 Å². The van der Waals surface area contributed by atoms with E-state index in [1.807, 2.05) is 19.2 Å². The molecule has 0 bridgehead atoms. The fraction of sp³-hybridized carbons (Fsp3) is 0.438. The summed E-state index contributed by atoms with van der Waals surface area (Å²) in [5.74, 6) is 0.865. The predicted molar refractivity (Wildman–Crippen MR) is 85.0 cm³/mol. The van der Waals surface area contributed by atoms with Gasteiger partial charge in [-0.1, -0.05) is 12.1 Å². The molecule has 2 heterocycles. The van der Waals surface area contributed by atoms with Crippen LogP contribution in [0.4, 0.5) is 0 Å². The van der Waals surface area contributed by atoms with Crippen LogP contribution in [0.2, 0.25) is 0 Å². The summed E-state index contributed by atoms with van der Waals surface area (Å²) in [6, 6.07) is 6.13. The number of likely N-dealkylation sites (N-methyl/N-ethyl adjacent to an activating group) is 1. The number of carbonyl (C=O) groups is 2. The van der Waals surface area contributed by atoms with E-state index in [0.29, 0.717) is 6.42 Å². The van der Waals surface area contributed by atoms with Gasteiger partial charge in [0.15, 0.2) is 0 Å². The Morgan fingerprint density at radius 3 is 2.87 bits per heavy atom. The van der Waals surface area contributed by atoms with E-state index in [2.05, 4.69) is 27.9 Å². The first-order chi connectivity index (χ1) is 11.0. The number of nitrogens with zero attached hydrogens (tertiary/aromatic N) is 2. The van der Waals surface area contributed by atoms with Crippen molar-refractivity contribution in [2.75, 3.05) is 13.6 Å². The van der Waals surface area contributed by atoms with E-state index in [1.165, 1.54) is 5.56 Å². The second kappa shape index (κ2) is 7.73. The smallest absolute Gasteiger partial charge is 0.306 e. The van der Waals surface area contributed by atoms with Crippen LogP contribution in [0, 0.1) is 6.92 Å². The molecule has 7 nitrogen and oxygen atoms in total. The van der Waals surface area contributed by atoms with Crippen molar-refractivity contribution >= 4 is 23.5 Å². The number of ether oxygens (including phenoxy) is 1. The van der Waals surface area contributed by atoms with Gasteiger partial charge in [-0.2, -0.15) is 0 Å². The first kappa shape index (κ1) is 17.0. The summed E-state index contributed by atoms with van der Waals surface area (Å²) >= 11 is 0. The Balaban J connectivity index is 0.000000595. The van der Waals surface area contributed by atoms with Gasteiger partial charge in [-0.15, -0.1) is 0 Å². The van der Waals surface area contributed by atoms with Crippen LogP contribution >= 0.6 is 0 Å². The number of esters is 1. The maximum atomic E-state index is 11.1. The second-order valence-corrected chi connectivity index (χ2v) is 5.61. The number of aryl methyl sites for hydroxylation is 1. The van der Waals surface area contributed by atoms with Gasteiger partial charge >= 0.3 is 5.97 Å². The van der Waals surface area contributed by atoms with Gasteiger partial charge in [-0.3, -0.25) is 14.5 Å². The number of carboxylic acid groups (broad SMARTS) is 1. The van der Waals surface area contributed by atoms with Crippen molar-refractivity contribution in [1.82, 2.24) is 14.9 Å². The highest BCUT2D eigenvalue weighted by atomic mass is 16.5. The van der Waals surface area contributed by atoms with Crippen molar-refractivity contribution < 1.29 is 19.4 Å². The fourth-order valence-corrected chi connectivity index (χ4v) is 2.68. The highest BCUT2D eigenvalue weighted by molar-refractivity contribution is 5.78. The summed E-state index contributed by atoms with van der Waals surface area (Å²) < 4.78 is 5.24. The number of cyclic esters (lactones) is 1. The van der Waals surface area contributed by atoms with Crippen LogP contribution in [0.1, 0.15) is 24.2 Å². The number of fused-ring (bicyclic) bond motifs is 1. The van der Waals surface area contributed by atoms with Crippen molar-refractivity contribution in [2.45, 2.75) is 32.4 Å². The molecular formula is C16H21N3O4. The number of hydrogen-bond donors (Lipinski definition) is 2. The summed E-state index contributed by atoms with van der Waals surface area (Å²) in [5.41, 5.74) is 3.28. The van der Waals surface area contributed by atoms with Gasteiger partial charge < -0.3 is 14.8 Å². The zero-order chi connectivity index (χ0) is 16.8. The Morgan fingerprint density at radius 2 is 2.26 bits per heavy atom. The average molecular weight is 319 g/mol. The maximum Gasteiger partial charge on any atom is 0.306 e. The number of H-pyrrole nitrogens is 1. The van der Waals surface area contributed by atoms with E-state index in [1.54, 1.807) is 0 Å². The highest BCUT2D eigenvalue weighted by Crippen LogP contribution is 2.18. The largest absolute Gasteiger partial charge is 0.483 e. The lowest BCUT2D eigenvalue weighted by Crippen LogP contribution is -2.29. The number of hydrogen-bond acceptors (Lipinski definition) is 5. The van der Waals surface area contributed by atoms with Crippen molar-refractivity contribution in [3.8, 4) is 0 Å². The Kier molecular flexibility index (Phi) is 5.70. The molecule has 0 amide bonds. The number of nitrogens with one attached hydrogen (secondary N) is 1. The van der Waals surface area contributed by atoms with Gasteiger partial charge in [0.25, 0.3) is 6.47 Å². The van der Waals surface area contributed by atoms with Gasteiger partial charge in [-0.25, -0.2) is 4.98 Å². The summed E-state index contributed by atoms with van der Waals surface area (Å²) in [6.07, 6.45) is 1.39. The van der Waals surface area contributed by atoms with Crippen LogP contribution in [0.15, 0.2) is 18.2 Å². The summed E-state index contributed by atoms with van der Waals surface area (Å²) in [7, 11) is 2.02. The van der Waals surface area contributed by atoms with E-state index in [4.69, 9.17) is 14.6 Å². The summed E-state index contributed by atoms with van der Waals surface area (Å²) in [6.45, 7) is 3.29. The summed E-state index contributed by atoms with van der Waals surface area (Å²) in [5, 5.41) is 6.89. The molecule has 23 heavy (non-hydrogen) atoms. The third-order valence-corrected chi connectivity index (χ3v) is 3.67. The predicted octanol–water partition coefficient (Wildman–Crippen LogP) is 1.71. The van der Waals surface area contributed by atoms with E-state index >= 15 is 0 Å². The molecule has 124 valence electrons. The van der Waals surface area contributed by atoms with Crippen LogP contribution in [-0.2, 0) is 20.9 Å². The quantitative estimate of drug-likeness (QED) is 0.658. The minimum absolute atomic E-state index is 0.0265. The Hall–Kier alpha value is -2.41. The zero-order valence-corrected chi connectivity index (χ0v) is 13.3. The molecule has 2 N–H and O–H groups in total. The van der Waals surface area contributed by atoms with Crippen molar-refractivity contribution in [2.24, 2.45) is 0 Å². The molecule has 0 spiro atoms. The molecule has 1 aliphatic rings. The Bertz CT molecular complexity index is 683. The Labute approximate surface area is 134 Å². The molecule has 1 aliphatic heterocycles. The molecule has 1 unspecified atom stereocenters. The minimum atomic E-state index is -0.250. The van der Waals surface area contributed by atoms with Gasteiger partial charge in [0, 0.05) is 13.0 Å².